The van der Waals surface area contributed by atoms with Crippen LogP contribution in [0.3, 0.4) is 0 Å². The zero-order chi connectivity index (χ0) is 13.1. The van der Waals surface area contributed by atoms with Gasteiger partial charge < -0.3 is 4.74 Å². The van der Waals surface area contributed by atoms with Gasteiger partial charge in [0.2, 0.25) is 0 Å². The summed E-state index contributed by atoms with van der Waals surface area (Å²) in [6.45, 7) is 1.75. The zero-order valence-electron chi connectivity index (χ0n) is 9.41. The highest BCUT2D eigenvalue weighted by molar-refractivity contribution is 5.89. The highest BCUT2D eigenvalue weighted by Gasteiger charge is 2.14. The van der Waals surface area contributed by atoms with Crippen molar-refractivity contribution in [2.45, 2.75) is 6.92 Å². The summed E-state index contributed by atoms with van der Waals surface area (Å²) in [4.78, 5) is 21.6. The number of non-ortho nitro benzene ring substituents is 1. The SMILES string of the molecule is Cc1cc(C(=O)Oc2cccc([N+](=O)[O-])c2)n[nH]1. The minimum absolute atomic E-state index is 0.106. The summed E-state index contributed by atoms with van der Waals surface area (Å²) in [7, 11) is 0. The lowest BCUT2D eigenvalue weighted by atomic mass is 10.3. The second-order valence-electron chi connectivity index (χ2n) is 3.58. The first kappa shape index (κ1) is 11.8. The van der Waals surface area contributed by atoms with Crippen LogP contribution in [0, 0.1) is 17.0 Å². The average molecular weight is 247 g/mol. The van der Waals surface area contributed by atoms with Crippen molar-refractivity contribution in [3.63, 3.8) is 0 Å². The van der Waals surface area contributed by atoms with Crippen LogP contribution in [0.4, 0.5) is 5.69 Å². The number of hydrogen-bond acceptors (Lipinski definition) is 5. The van der Waals surface area contributed by atoms with Gasteiger partial charge in [-0.25, -0.2) is 4.79 Å². The normalized spacial score (nSPS) is 10.1. The standard InChI is InChI=1S/C11H9N3O4/c1-7-5-10(13-12-7)11(15)18-9-4-2-3-8(6-9)14(16)17/h2-6H,1H3,(H,12,13). The number of rotatable bonds is 3. The van der Waals surface area contributed by atoms with Crippen molar-refractivity contribution in [3.05, 3.63) is 51.8 Å². The summed E-state index contributed by atoms with van der Waals surface area (Å²) in [6, 6.07) is 6.92. The van der Waals surface area contributed by atoms with Crippen molar-refractivity contribution in [1.82, 2.24) is 10.2 Å². The Morgan fingerprint density at radius 2 is 2.22 bits per heavy atom. The van der Waals surface area contributed by atoms with Crippen molar-refractivity contribution >= 4 is 11.7 Å². The molecule has 1 aromatic heterocycles. The smallest absolute Gasteiger partial charge is 0.364 e. The molecule has 0 radical (unpaired) electrons. The van der Waals surface area contributed by atoms with Gasteiger partial charge in [0.05, 0.1) is 11.0 Å². The molecule has 1 N–H and O–H groups in total. The summed E-state index contributed by atoms with van der Waals surface area (Å²) < 4.78 is 4.98. The Hall–Kier alpha value is -2.70. The molecular weight excluding hydrogens is 238 g/mol. The van der Waals surface area contributed by atoms with Gasteiger partial charge in [0.1, 0.15) is 5.75 Å². The molecule has 92 valence electrons. The Morgan fingerprint density at radius 1 is 1.44 bits per heavy atom. The number of aryl methyl sites for hydroxylation is 1. The molecule has 0 atom stereocenters. The zero-order valence-corrected chi connectivity index (χ0v) is 9.41. The molecular formula is C11H9N3O4. The van der Waals surface area contributed by atoms with Crippen molar-refractivity contribution in [3.8, 4) is 5.75 Å². The summed E-state index contributed by atoms with van der Waals surface area (Å²) in [5, 5.41) is 16.9. The van der Waals surface area contributed by atoms with E-state index in [2.05, 4.69) is 10.2 Å². The van der Waals surface area contributed by atoms with E-state index in [-0.39, 0.29) is 17.1 Å². The van der Waals surface area contributed by atoms with E-state index in [1.54, 1.807) is 6.92 Å². The second kappa shape index (κ2) is 4.66. The van der Waals surface area contributed by atoms with Crippen molar-refractivity contribution in [1.29, 1.82) is 0 Å². The lowest BCUT2D eigenvalue weighted by Crippen LogP contribution is -2.09. The third-order valence-electron chi connectivity index (χ3n) is 2.15. The minimum Gasteiger partial charge on any atom is -0.421 e. The first-order valence-corrected chi connectivity index (χ1v) is 5.05. The maximum Gasteiger partial charge on any atom is 0.364 e. The molecule has 0 bridgehead atoms. The van der Waals surface area contributed by atoms with Crippen molar-refractivity contribution in [2.75, 3.05) is 0 Å². The summed E-state index contributed by atoms with van der Waals surface area (Å²) in [5.74, 6) is -0.560. The molecule has 0 aliphatic rings. The van der Waals surface area contributed by atoms with Crippen LogP contribution in [-0.2, 0) is 0 Å². The molecule has 0 amide bonds. The first-order valence-electron chi connectivity index (χ1n) is 5.05. The maximum atomic E-state index is 11.6. The van der Waals surface area contributed by atoms with Crippen LogP contribution in [0.15, 0.2) is 30.3 Å². The highest BCUT2D eigenvalue weighted by atomic mass is 16.6. The molecule has 1 heterocycles. The van der Waals surface area contributed by atoms with Gasteiger partial charge in [0.15, 0.2) is 5.69 Å². The predicted molar refractivity (Wildman–Crippen MR) is 61.4 cm³/mol. The molecule has 2 rings (SSSR count). The van der Waals surface area contributed by atoms with Gasteiger partial charge in [-0.3, -0.25) is 15.2 Å². The van der Waals surface area contributed by atoms with E-state index in [1.165, 1.54) is 30.3 Å². The van der Waals surface area contributed by atoms with Gasteiger partial charge in [-0.15, -0.1) is 0 Å². The Bertz CT molecular complexity index is 606. The number of carbonyl (C=O) groups excluding carboxylic acids is 1. The molecule has 0 unspecified atom stereocenters. The molecule has 18 heavy (non-hydrogen) atoms. The van der Waals surface area contributed by atoms with Crippen LogP contribution in [0.25, 0.3) is 0 Å². The molecule has 0 saturated heterocycles. The Balaban J connectivity index is 2.16. The molecule has 1 aromatic carbocycles. The number of nitrogens with zero attached hydrogens (tertiary/aromatic N) is 2. The number of ether oxygens (including phenoxy) is 1. The van der Waals surface area contributed by atoms with E-state index >= 15 is 0 Å². The van der Waals surface area contributed by atoms with Gasteiger partial charge in [0.25, 0.3) is 5.69 Å². The van der Waals surface area contributed by atoms with Crippen LogP contribution < -0.4 is 4.74 Å². The number of hydrogen-bond donors (Lipinski definition) is 1. The largest absolute Gasteiger partial charge is 0.421 e. The van der Waals surface area contributed by atoms with Gasteiger partial charge in [-0.1, -0.05) is 6.07 Å². The number of carbonyl (C=O) groups is 1. The third kappa shape index (κ3) is 2.51. The average Bonchev–Trinajstić information content (AvgIpc) is 2.76. The molecule has 0 aliphatic carbocycles. The Labute approximate surface area is 102 Å². The third-order valence-corrected chi connectivity index (χ3v) is 2.15. The summed E-state index contributed by atoms with van der Waals surface area (Å²) in [6.07, 6.45) is 0. The fourth-order valence-corrected chi connectivity index (χ4v) is 1.34. The van der Waals surface area contributed by atoms with E-state index in [0.717, 1.165) is 5.69 Å². The van der Waals surface area contributed by atoms with Crippen LogP contribution in [0.2, 0.25) is 0 Å². The molecule has 7 nitrogen and oxygen atoms in total. The quantitative estimate of drug-likeness (QED) is 0.386. The van der Waals surface area contributed by atoms with Gasteiger partial charge >= 0.3 is 5.97 Å². The number of aromatic amines is 1. The highest BCUT2D eigenvalue weighted by Crippen LogP contribution is 2.19. The number of nitro groups is 1. The number of nitrogens with one attached hydrogen (secondary N) is 1. The lowest BCUT2D eigenvalue weighted by Gasteiger charge is -2.01. The van der Waals surface area contributed by atoms with Crippen LogP contribution in [0.1, 0.15) is 16.2 Å². The van der Waals surface area contributed by atoms with Gasteiger partial charge in [0, 0.05) is 11.8 Å². The molecule has 0 aliphatic heterocycles. The molecule has 0 saturated carbocycles. The number of nitro benzene ring substituents is 1. The Kier molecular flexibility index (Phi) is 3.05. The fourth-order valence-electron chi connectivity index (χ4n) is 1.34. The van der Waals surface area contributed by atoms with Crippen molar-refractivity contribution in [2.24, 2.45) is 0 Å². The fraction of sp³-hybridized carbons (Fsp3) is 0.0909. The van der Waals surface area contributed by atoms with Gasteiger partial charge in [-0.05, 0) is 19.1 Å². The van der Waals surface area contributed by atoms with Crippen LogP contribution in [0.5, 0.6) is 5.75 Å². The van der Waals surface area contributed by atoms with Crippen molar-refractivity contribution < 1.29 is 14.5 Å². The molecule has 0 fully saturated rings. The van der Waals surface area contributed by atoms with E-state index in [9.17, 15) is 14.9 Å². The van der Waals surface area contributed by atoms with E-state index in [0.29, 0.717) is 0 Å². The molecule has 2 aromatic rings. The van der Waals surface area contributed by atoms with Crippen LogP contribution in [-0.4, -0.2) is 21.1 Å². The monoisotopic (exact) mass is 247 g/mol. The number of H-pyrrole nitrogens is 1. The lowest BCUT2D eigenvalue weighted by molar-refractivity contribution is -0.384. The van der Waals surface area contributed by atoms with Gasteiger partial charge in [-0.2, -0.15) is 5.10 Å². The summed E-state index contributed by atoms with van der Waals surface area (Å²) >= 11 is 0. The predicted octanol–water partition coefficient (Wildman–Crippen LogP) is 1.85. The first-order chi connectivity index (χ1) is 8.56. The Morgan fingerprint density at radius 3 is 2.83 bits per heavy atom. The molecule has 0 spiro atoms. The summed E-state index contributed by atoms with van der Waals surface area (Å²) in [5.41, 5.74) is 0.707. The van der Waals surface area contributed by atoms with E-state index < -0.39 is 10.9 Å². The molecule has 7 heteroatoms. The second-order valence-corrected chi connectivity index (χ2v) is 3.58. The maximum absolute atomic E-state index is 11.6. The minimum atomic E-state index is -0.667. The van der Waals surface area contributed by atoms with E-state index in [4.69, 9.17) is 4.74 Å². The number of aromatic nitrogens is 2. The van der Waals surface area contributed by atoms with Crippen LogP contribution >= 0.6 is 0 Å². The topological polar surface area (TPSA) is 98.1 Å². The number of esters is 1. The number of benzene rings is 1. The van der Waals surface area contributed by atoms with E-state index in [1.807, 2.05) is 0 Å².